The summed E-state index contributed by atoms with van der Waals surface area (Å²) in [6, 6.07) is 11.1. The number of rotatable bonds is 6. The molecule has 0 N–H and O–H groups in total. The normalized spacial score (nSPS) is 16.8. The summed E-state index contributed by atoms with van der Waals surface area (Å²) in [7, 11) is 1.70. The van der Waals surface area contributed by atoms with E-state index in [4.69, 9.17) is 18.7 Å². The molecule has 8 nitrogen and oxygen atoms in total. The molecular weight excluding hydrogens is 362 g/mol. The zero-order valence-electron chi connectivity index (χ0n) is 15.5. The quantitative estimate of drug-likeness (QED) is 0.645. The fourth-order valence-corrected chi connectivity index (χ4v) is 3.01. The van der Waals surface area contributed by atoms with Crippen LogP contribution in [0.1, 0.15) is 16.2 Å². The SMILES string of the molecule is CN(CC1COCCO1)C(=O)c1cc(COc2ccc3ncccc3c2)on1. The molecule has 1 atom stereocenters. The van der Waals surface area contributed by atoms with Crippen LogP contribution in [0, 0.1) is 0 Å². The molecule has 2 aromatic heterocycles. The van der Waals surface area contributed by atoms with Crippen LogP contribution in [0.5, 0.6) is 5.75 Å². The van der Waals surface area contributed by atoms with Crippen LogP contribution in [-0.2, 0) is 16.1 Å². The minimum atomic E-state index is -0.235. The number of fused-ring (bicyclic) bond motifs is 1. The van der Waals surface area contributed by atoms with Gasteiger partial charge in [-0.3, -0.25) is 9.78 Å². The number of ether oxygens (including phenoxy) is 3. The first-order chi connectivity index (χ1) is 13.7. The van der Waals surface area contributed by atoms with Crippen LogP contribution in [-0.4, -0.2) is 60.5 Å². The molecule has 0 radical (unpaired) electrons. The molecule has 1 amide bonds. The highest BCUT2D eigenvalue weighted by Crippen LogP contribution is 2.20. The number of hydrogen-bond donors (Lipinski definition) is 0. The van der Waals surface area contributed by atoms with Gasteiger partial charge in [-0.25, -0.2) is 0 Å². The summed E-state index contributed by atoms with van der Waals surface area (Å²) >= 11 is 0. The highest BCUT2D eigenvalue weighted by molar-refractivity contribution is 5.92. The van der Waals surface area contributed by atoms with Crippen LogP contribution >= 0.6 is 0 Å². The first-order valence-corrected chi connectivity index (χ1v) is 9.07. The third kappa shape index (κ3) is 4.29. The molecule has 3 heterocycles. The smallest absolute Gasteiger partial charge is 0.275 e. The van der Waals surface area contributed by atoms with Crippen molar-refractivity contribution in [1.82, 2.24) is 15.0 Å². The fourth-order valence-electron chi connectivity index (χ4n) is 3.01. The van der Waals surface area contributed by atoms with E-state index in [2.05, 4.69) is 10.1 Å². The molecule has 1 aliphatic heterocycles. The van der Waals surface area contributed by atoms with E-state index in [0.29, 0.717) is 37.9 Å². The van der Waals surface area contributed by atoms with Gasteiger partial charge >= 0.3 is 0 Å². The van der Waals surface area contributed by atoms with Gasteiger partial charge in [-0.15, -0.1) is 0 Å². The van der Waals surface area contributed by atoms with E-state index in [1.165, 1.54) is 0 Å². The van der Waals surface area contributed by atoms with Crippen LogP contribution in [0.4, 0.5) is 0 Å². The summed E-state index contributed by atoms with van der Waals surface area (Å²) in [5.74, 6) is 0.928. The molecule has 1 aliphatic rings. The average Bonchev–Trinajstić information content (AvgIpc) is 3.21. The van der Waals surface area contributed by atoms with Gasteiger partial charge in [0.25, 0.3) is 5.91 Å². The third-order valence-corrected chi connectivity index (χ3v) is 4.44. The molecule has 3 aromatic rings. The summed E-state index contributed by atoms with van der Waals surface area (Å²) in [6.45, 7) is 2.23. The highest BCUT2D eigenvalue weighted by Gasteiger charge is 2.22. The van der Waals surface area contributed by atoms with Crippen molar-refractivity contribution in [3.8, 4) is 5.75 Å². The molecule has 0 spiro atoms. The zero-order valence-corrected chi connectivity index (χ0v) is 15.5. The first kappa shape index (κ1) is 18.4. The molecule has 28 heavy (non-hydrogen) atoms. The van der Waals surface area contributed by atoms with Crippen molar-refractivity contribution in [3.63, 3.8) is 0 Å². The molecule has 1 saturated heterocycles. The van der Waals surface area contributed by atoms with Gasteiger partial charge in [-0.1, -0.05) is 11.2 Å². The van der Waals surface area contributed by atoms with Gasteiger partial charge in [0.2, 0.25) is 0 Å². The van der Waals surface area contributed by atoms with Gasteiger partial charge in [0.05, 0.1) is 31.4 Å². The van der Waals surface area contributed by atoms with E-state index in [1.54, 1.807) is 24.2 Å². The Bertz CT molecular complexity index is 952. The molecule has 0 bridgehead atoms. The summed E-state index contributed by atoms with van der Waals surface area (Å²) in [5.41, 5.74) is 1.14. The van der Waals surface area contributed by atoms with Gasteiger partial charge in [-0.2, -0.15) is 0 Å². The molecule has 1 fully saturated rings. The highest BCUT2D eigenvalue weighted by atomic mass is 16.6. The maximum Gasteiger partial charge on any atom is 0.275 e. The monoisotopic (exact) mass is 383 g/mol. The maximum absolute atomic E-state index is 12.5. The van der Waals surface area contributed by atoms with Crippen LogP contribution in [0.2, 0.25) is 0 Å². The number of carbonyl (C=O) groups excluding carboxylic acids is 1. The first-order valence-electron chi connectivity index (χ1n) is 9.07. The second-order valence-corrected chi connectivity index (χ2v) is 6.58. The van der Waals surface area contributed by atoms with E-state index >= 15 is 0 Å². The molecule has 1 aromatic carbocycles. The lowest BCUT2D eigenvalue weighted by Crippen LogP contribution is -2.40. The average molecular weight is 383 g/mol. The molecule has 4 rings (SSSR count). The van der Waals surface area contributed by atoms with E-state index in [-0.39, 0.29) is 24.3 Å². The standard InChI is InChI=1S/C20H21N3O5/c1-23(11-17-12-25-7-8-26-17)20(24)19-10-16(28-22-19)13-27-15-4-5-18-14(9-15)3-2-6-21-18/h2-6,9-10,17H,7-8,11-13H2,1H3. The largest absolute Gasteiger partial charge is 0.486 e. The summed E-state index contributed by atoms with van der Waals surface area (Å²) in [5, 5.41) is 4.85. The minimum absolute atomic E-state index is 0.125. The molecular formula is C20H21N3O5. The Morgan fingerprint density at radius 2 is 2.21 bits per heavy atom. The predicted octanol–water partition coefficient (Wildman–Crippen LogP) is 2.29. The van der Waals surface area contributed by atoms with Crippen LogP contribution in [0.25, 0.3) is 10.9 Å². The fraction of sp³-hybridized carbons (Fsp3) is 0.350. The van der Waals surface area contributed by atoms with Crippen LogP contribution in [0.3, 0.4) is 0 Å². The topological polar surface area (TPSA) is 86.9 Å². The lowest BCUT2D eigenvalue weighted by atomic mass is 10.2. The number of carbonyl (C=O) groups is 1. The molecule has 1 unspecified atom stereocenters. The Morgan fingerprint density at radius 1 is 1.29 bits per heavy atom. The van der Waals surface area contributed by atoms with Crippen molar-refractivity contribution >= 4 is 16.8 Å². The zero-order chi connectivity index (χ0) is 19.3. The number of aromatic nitrogens is 2. The second kappa shape index (κ2) is 8.37. The van der Waals surface area contributed by atoms with Gasteiger partial charge < -0.3 is 23.6 Å². The van der Waals surface area contributed by atoms with Crippen molar-refractivity contribution in [2.45, 2.75) is 12.7 Å². The minimum Gasteiger partial charge on any atom is -0.486 e. The summed E-state index contributed by atoms with van der Waals surface area (Å²) in [6.07, 6.45) is 1.63. The molecule has 146 valence electrons. The van der Waals surface area contributed by atoms with Crippen LogP contribution < -0.4 is 4.74 Å². The van der Waals surface area contributed by atoms with E-state index in [1.807, 2.05) is 30.3 Å². The van der Waals surface area contributed by atoms with Crippen LogP contribution in [0.15, 0.2) is 47.1 Å². The van der Waals surface area contributed by atoms with E-state index in [0.717, 1.165) is 10.9 Å². The molecule has 0 aliphatic carbocycles. The summed E-state index contributed by atoms with van der Waals surface area (Å²) < 4.78 is 21.9. The lowest BCUT2D eigenvalue weighted by Gasteiger charge is -2.27. The Kier molecular flexibility index (Phi) is 5.50. The van der Waals surface area contributed by atoms with Gasteiger partial charge in [-0.05, 0) is 24.3 Å². The number of hydrogen-bond acceptors (Lipinski definition) is 7. The Balaban J connectivity index is 1.34. The van der Waals surface area contributed by atoms with E-state index in [9.17, 15) is 4.79 Å². The van der Waals surface area contributed by atoms with Gasteiger partial charge in [0.1, 0.15) is 12.4 Å². The lowest BCUT2D eigenvalue weighted by molar-refractivity contribution is -0.0934. The predicted molar refractivity (Wildman–Crippen MR) is 100 cm³/mol. The summed E-state index contributed by atoms with van der Waals surface area (Å²) in [4.78, 5) is 18.3. The van der Waals surface area contributed by atoms with Crippen molar-refractivity contribution in [2.75, 3.05) is 33.4 Å². The maximum atomic E-state index is 12.5. The number of nitrogens with zero attached hydrogens (tertiary/aromatic N) is 3. The number of benzene rings is 1. The Labute approximate surface area is 162 Å². The van der Waals surface area contributed by atoms with Gasteiger partial charge in [0, 0.05) is 31.2 Å². The van der Waals surface area contributed by atoms with Crippen molar-refractivity contribution in [3.05, 3.63) is 54.0 Å². The number of pyridine rings is 1. The Hall–Kier alpha value is -2.97. The third-order valence-electron chi connectivity index (χ3n) is 4.44. The van der Waals surface area contributed by atoms with Gasteiger partial charge in [0.15, 0.2) is 11.5 Å². The Morgan fingerprint density at radius 3 is 3.07 bits per heavy atom. The van der Waals surface area contributed by atoms with Crippen molar-refractivity contribution < 1.29 is 23.5 Å². The number of likely N-dealkylation sites (N-methyl/N-ethyl adjacent to an activating group) is 1. The van der Waals surface area contributed by atoms with Crippen molar-refractivity contribution in [1.29, 1.82) is 0 Å². The molecule has 8 heteroatoms. The molecule has 0 saturated carbocycles. The van der Waals surface area contributed by atoms with Crippen molar-refractivity contribution in [2.24, 2.45) is 0 Å². The number of amides is 1. The second-order valence-electron chi connectivity index (χ2n) is 6.58. The van der Waals surface area contributed by atoms with E-state index < -0.39 is 0 Å².